The zero-order valence-corrected chi connectivity index (χ0v) is 21.7. The predicted octanol–water partition coefficient (Wildman–Crippen LogP) is 9.51. The Kier molecular flexibility index (Phi) is 13.9. The van der Waals surface area contributed by atoms with Crippen LogP contribution in [0.5, 0.6) is 11.5 Å². The molecular formula is C32H46O2. The lowest BCUT2D eigenvalue weighted by Gasteiger charge is -2.16. The number of hydrogen-bond acceptors (Lipinski definition) is 2. The molecule has 0 saturated carbocycles. The predicted molar refractivity (Wildman–Crippen MR) is 148 cm³/mol. The van der Waals surface area contributed by atoms with Crippen LogP contribution in [0.1, 0.15) is 89.2 Å². The number of rotatable bonds is 19. The maximum absolute atomic E-state index is 6.27. The van der Waals surface area contributed by atoms with E-state index >= 15 is 0 Å². The van der Waals surface area contributed by atoms with Crippen molar-refractivity contribution >= 4 is 0 Å². The van der Waals surface area contributed by atoms with Gasteiger partial charge in [0.1, 0.15) is 11.5 Å². The molecule has 2 heteroatoms. The average molecular weight is 463 g/mol. The second-order valence-corrected chi connectivity index (χ2v) is 9.16. The fourth-order valence-electron chi connectivity index (χ4n) is 4.20. The number of ether oxygens (including phenoxy) is 2. The van der Waals surface area contributed by atoms with Crippen molar-refractivity contribution in [2.45, 2.75) is 90.9 Å². The first kappa shape index (κ1) is 27.8. The SMILES string of the molecule is C=CCc1ccc(OCCCCCCC)c(-c2ccc(OCCCCCCC)c(CC=C)c2)c1. The molecule has 0 radical (unpaired) electrons. The second-order valence-electron chi connectivity index (χ2n) is 9.16. The molecule has 0 heterocycles. The summed E-state index contributed by atoms with van der Waals surface area (Å²) in [6.45, 7) is 13.9. The zero-order valence-electron chi connectivity index (χ0n) is 21.7. The van der Waals surface area contributed by atoms with Gasteiger partial charge in [-0.15, -0.1) is 13.2 Å². The highest BCUT2D eigenvalue weighted by Gasteiger charge is 2.12. The van der Waals surface area contributed by atoms with Crippen molar-refractivity contribution < 1.29 is 9.47 Å². The third-order valence-corrected chi connectivity index (χ3v) is 6.17. The van der Waals surface area contributed by atoms with Crippen LogP contribution in [0.3, 0.4) is 0 Å². The fourth-order valence-corrected chi connectivity index (χ4v) is 4.20. The summed E-state index contributed by atoms with van der Waals surface area (Å²) < 4.78 is 12.4. The van der Waals surface area contributed by atoms with Gasteiger partial charge in [0.15, 0.2) is 0 Å². The van der Waals surface area contributed by atoms with E-state index in [2.05, 4.69) is 63.4 Å². The normalized spacial score (nSPS) is 10.8. The van der Waals surface area contributed by atoms with Crippen molar-refractivity contribution in [2.75, 3.05) is 13.2 Å². The molecule has 0 bridgehead atoms. The first-order valence-electron chi connectivity index (χ1n) is 13.5. The van der Waals surface area contributed by atoms with Gasteiger partial charge in [-0.2, -0.15) is 0 Å². The highest BCUT2D eigenvalue weighted by atomic mass is 16.5. The van der Waals surface area contributed by atoms with Gasteiger partial charge >= 0.3 is 0 Å². The Morgan fingerprint density at radius 3 is 1.85 bits per heavy atom. The van der Waals surface area contributed by atoms with Gasteiger partial charge in [-0.05, 0) is 66.6 Å². The lowest BCUT2D eigenvalue weighted by Crippen LogP contribution is -2.02. The monoisotopic (exact) mass is 462 g/mol. The largest absolute Gasteiger partial charge is 0.493 e. The van der Waals surface area contributed by atoms with Gasteiger partial charge < -0.3 is 9.47 Å². The topological polar surface area (TPSA) is 18.5 Å². The van der Waals surface area contributed by atoms with E-state index in [4.69, 9.17) is 9.47 Å². The zero-order chi connectivity index (χ0) is 24.4. The lowest BCUT2D eigenvalue weighted by atomic mass is 9.97. The molecule has 0 spiro atoms. The number of allylic oxidation sites excluding steroid dienone is 2. The Morgan fingerprint density at radius 1 is 0.647 bits per heavy atom. The Hall–Kier alpha value is -2.48. The van der Waals surface area contributed by atoms with E-state index in [1.165, 1.54) is 68.1 Å². The molecule has 0 aliphatic rings. The molecule has 0 unspecified atom stereocenters. The van der Waals surface area contributed by atoms with Crippen LogP contribution in [0.15, 0.2) is 61.7 Å². The molecule has 0 aliphatic carbocycles. The summed E-state index contributed by atoms with van der Waals surface area (Å²) in [4.78, 5) is 0. The summed E-state index contributed by atoms with van der Waals surface area (Å²) in [6, 6.07) is 13.0. The molecule has 0 fully saturated rings. The molecule has 0 aliphatic heterocycles. The van der Waals surface area contributed by atoms with Gasteiger partial charge in [-0.1, -0.05) is 89.5 Å². The molecule has 0 amide bonds. The standard InChI is InChI=1S/C32H46O2/c1-5-9-11-13-15-23-33-31-22-20-28(26-29(31)18-8-4)30-25-27(17-7-3)19-21-32(30)34-24-16-14-12-10-6-2/h7-8,19-22,25-26H,3-6,9-18,23-24H2,1-2H3. The third-order valence-electron chi connectivity index (χ3n) is 6.17. The molecule has 0 saturated heterocycles. The summed E-state index contributed by atoms with van der Waals surface area (Å²) in [5, 5.41) is 0. The Bertz CT molecular complexity index is 852. The third kappa shape index (κ3) is 9.79. The average Bonchev–Trinajstić information content (AvgIpc) is 2.85. The van der Waals surface area contributed by atoms with Crippen LogP contribution in [-0.4, -0.2) is 13.2 Å². The van der Waals surface area contributed by atoms with Gasteiger partial charge in [0.05, 0.1) is 13.2 Å². The van der Waals surface area contributed by atoms with Crippen LogP contribution in [0.2, 0.25) is 0 Å². The van der Waals surface area contributed by atoms with E-state index in [1.54, 1.807) is 0 Å². The highest BCUT2D eigenvalue weighted by molar-refractivity contribution is 5.73. The molecule has 2 nitrogen and oxygen atoms in total. The molecule has 0 N–H and O–H groups in total. The maximum Gasteiger partial charge on any atom is 0.127 e. The Morgan fingerprint density at radius 2 is 1.24 bits per heavy atom. The fraction of sp³-hybridized carbons (Fsp3) is 0.500. The van der Waals surface area contributed by atoms with Crippen LogP contribution in [-0.2, 0) is 12.8 Å². The lowest BCUT2D eigenvalue weighted by molar-refractivity contribution is 0.302. The summed E-state index contributed by atoms with van der Waals surface area (Å²) in [6.07, 6.45) is 17.9. The van der Waals surface area contributed by atoms with E-state index in [1.807, 2.05) is 12.2 Å². The minimum absolute atomic E-state index is 0.760. The smallest absolute Gasteiger partial charge is 0.127 e. The minimum Gasteiger partial charge on any atom is -0.493 e. The van der Waals surface area contributed by atoms with E-state index < -0.39 is 0 Å². The highest BCUT2D eigenvalue weighted by Crippen LogP contribution is 2.35. The van der Waals surface area contributed by atoms with Crippen LogP contribution < -0.4 is 9.47 Å². The summed E-state index contributed by atoms with van der Waals surface area (Å²) >= 11 is 0. The van der Waals surface area contributed by atoms with Gasteiger partial charge in [0.2, 0.25) is 0 Å². The van der Waals surface area contributed by atoms with Crippen LogP contribution in [0.25, 0.3) is 11.1 Å². The molecule has 2 rings (SSSR count). The van der Waals surface area contributed by atoms with Crippen molar-refractivity contribution in [3.05, 3.63) is 72.8 Å². The Labute approximate surface area is 209 Å². The summed E-state index contributed by atoms with van der Waals surface area (Å²) in [7, 11) is 0. The molecule has 0 atom stereocenters. The maximum atomic E-state index is 6.27. The van der Waals surface area contributed by atoms with Gasteiger partial charge in [-0.25, -0.2) is 0 Å². The second kappa shape index (κ2) is 17.0. The van der Waals surface area contributed by atoms with E-state index in [-0.39, 0.29) is 0 Å². The molecule has 186 valence electrons. The van der Waals surface area contributed by atoms with E-state index in [0.717, 1.165) is 56.0 Å². The van der Waals surface area contributed by atoms with Gasteiger partial charge in [0.25, 0.3) is 0 Å². The molecule has 2 aromatic rings. The summed E-state index contributed by atoms with van der Waals surface area (Å²) in [5.74, 6) is 1.93. The first-order valence-corrected chi connectivity index (χ1v) is 13.5. The molecule has 34 heavy (non-hydrogen) atoms. The van der Waals surface area contributed by atoms with E-state index in [9.17, 15) is 0 Å². The van der Waals surface area contributed by atoms with Crippen molar-refractivity contribution in [1.82, 2.24) is 0 Å². The number of hydrogen-bond donors (Lipinski definition) is 0. The van der Waals surface area contributed by atoms with Crippen LogP contribution in [0.4, 0.5) is 0 Å². The van der Waals surface area contributed by atoms with Crippen molar-refractivity contribution in [3.63, 3.8) is 0 Å². The van der Waals surface area contributed by atoms with Crippen molar-refractivity contribution in [3.8, 4) is 22.6 Å². The van der Waals surface area contributed by atoms with Gasteiger partial charge in [0, 0.05) is 5.56 Å². The van der Waals surface area contributed by atoms with Crippen LogP contribution >= 0.6 is 0 Å². The first-order chi connectivity index (χ1) is 16.7. The molecule has 2 aromatic carbocycles. The Balaban J connectivity index is 2.16. The van der Waals surface area contributed by atoms with Crippen LogP contribution in [0, 0.1) is 0 Å². The van der Waals surface area contributed by atoms with Crippen molar-refractivity contribution in [2.24, 2.45) is 0 Å². The quantitative estimate of drug-likeness (QED) is 0.153. The molecular weight excluding hydrogens is 416 g/mol. The molecule has 0 aromatic heterocycles. The van der Waals surface area contributed by atoms with Gasteiger partial charge in [-0.3, -0.25) is 0 Å². The number of benzene rings is 2. The minimum atomic E-state index is 0.760. The summed E-state index contributed by atoms with van der Waals surface area (Å²) in [5.41, 5.74) is 4.74. The van der Waals surface area contributed by atoms with E-state index in [0.29, 0.717) is 0 Å². The van der Waals surface area contributed by atoms with Crippen molar-refractivity contribution in [1.29, 1.82) is 0 Å². The number of unbranched alkanes of at least 4 members (excludes halogenated alkanes) is 8.